The van der Waals surface area contributed by atoms with Crippen LogP contribution in [-0.4, -0.2) is 18.0 Å². The molecule has 0 bridgehead atoms. The molecule has 0 atom stereocenters. The second kappa shape index (κ2) is 6.88. The molecule has 0 radical (unpaired) electrons. The Hall–Kier alpha value is -1.64. The fourth-order valence-corrected chi connectivity index (χ4v) is 2.86. The zero-order valence-corrected chi connectivity index (χ0v) is 12.5. The Morgan fingerprint density at radius 1 is 0.905 bits per heavy atom. The molecule has 0 aromatic heterocycles. The third-order valence-electron chi connectivity index (χ3n) is 4.10. The Kier molecular flexibility index (Phi) is 4.69. The van der Waals surface area contributed by atoms with E-state index in [4.69, 9.17) is 5.73 Å². The first-order valence-corrected chi connectivity index (χ1v) is 7.90. The van der Waals surface area contributed by atoms with Crippen LogP contribution >= 0.6 is 0 Å². The molecule has 21 heavy (non-hydrogen) atoms. The van der Waals surface area contributed by atoms with Crippen LogP contribution in [0.4, 0.5) is 0 Å². The van der Waals surface area contributed by atoms with Crippen LogP contribution in [0.15, 0.2) is 54.6 Å². The van der Waals surface area contributed by atoms with Crippen molar-refractivity contribution in [3.8, 4) is 0 Å². The number of nitrogens with zero attached hydrogens (tertiary/aromatic N) is 1. The maximum absolute atomic E-state index is 5.78. The normalized spacial score (nSPS) is 14.6. The van der Waals surface area contributed by atoms with Crippen LogP contribution in [0.1, 0.15) is 35.4 Å². The van der Waals surface area contributed by atoms with Crippen LogP contribution in [0.25, 0.3) is 0 Å². The minimum Gasteiger partial charge on any atom is -0.329 e. The molecule has 2 nitrogen and oxygen atoms in total. The van der Waals surface area contributed by atoms with Crippen LogP contribution in [0.2, 0.25) is 0 Å². The summed E-state index contributed by atoms with van der Waals surface area (Å²) in [5.41, 5.74) is 10.1. The molecule has 1 aliphatic carbocycles. The average molecular weight is 280 g/mol. The molecular formula is C19H24N2. The molecule has 0 unspecified atom stereocenters. The minimum absolute atomic E-state index is 0.704. The first kappa shape index (κ1) is 14.3. The smallest absolute Gasteiger partial charge is 0.0237 e. The summed E-state index contributed by atoms with van der Waals surface area (Å²) >= 11 is 0. The van der Waals surface area contributed by atoms with E-state index in [-0.39, 0.29) is 0 Å². The van der Waals surface area contributed by atoms with Crippen LogP contribution in [0.3, 0.4) is 0 Å². The lowest BCUT2D eigenvalue weighted by Crippen LogP contribution is -2.28. The van der Waals surface area contributed by atoms with Gasteiger partial charge in [0.15, 0.2) is 0 Å². The fourth-order valence-electron chi connectivity index (χ4n) is 2.86. The van der Waals surface area contributed by atoms with Crippen molar-refractivity contribution in [2.45, 2.75) is 31.8 Å². The third-order valence-corrected chi connectivity index (χ3v) is 4.10. The monoisotopic (exact) mass is 280 g/mol. The SMILES string of the molecule is NCCN(Cc1ccccc1)Cc1cccc(C2CC2)c1. The van der Waals surface area contributed by atoms with Crippen LogP contribution in [-0.2, 0) is 13.1 Å². The summed E-state index contributed by atoms with van der Waals surface area (Å²) in [6, 6.07) is 19.7. The van der Waals surface area contributed by atoms with Gasteiger partial charge >= 0.3 is 0 Å². The molecule has 2 aromatic rings. The Balaban J connectivity index is 1.68. The van der Waals surface area contributed by atoms with Crippen LogP contribution in [0, 0.1) is 0 Å². The summed E-state index contributed by atoms with van der Waals surface area (Å²) in [6.45, 7) is 3.58. The molecule has 2 aromatic carbocycles. The van der Waals surface area contributed by atoms with Crippen LogP contribution in [0.5, 0.6) is 0 Å². The van der Waals surface area contributed by atoms with Crippen molar-refractivity contribution in [3.05, 3.63) is 71.3 Å². The second-order valence-corrected chi connectivity index (χ2v) is 6.00. The van der Waals surface area contributed by atoms with Crippen LogP contribution < -0.4 is 5.73 Å². The van der Waals surface area contributed by atoms with E-state index in [2.05, 4.69) is 59.5 Å². The number of nitrogens with two attached hydrogens (primary N) is 1. The molecule has 3 rings (SSSR count). The number of hydrogen-bond acceptors (Lipinski definition) is 2. The maximum atomic E-state index is 5.78. The van der Waals surface area contributed by atoms with Gasteiger partial charge < -0.3 is 5.73 Å². The van der Waals surface area contributed by atoms with Crippen molar-refractivity contribution < 1.29 is 0 Å². The molecule has 1 fully saturated rings. The van der Waals surface area contributed by atoms with E-state index >= 15 is 0 Å². The molecule has 1 aliphatic rings. The quantitative estimate of drug-likeness (QED) is 0.840. The molecule has 0 heterocycles. The molecule has 0 aliphatic heterocycles. The van der Waals surface area contributed by atoms with Gasteiger partial charge in [0.2, 0.25) is 0 Å². The van der Waals surface area contributed by atoms with Crippen molar-refractivity contribution in [2.75, 3.05) is 13.1 Å². The highest BCUT2D eigenvalue weighted by Gasteiger charge is 2.23. The van der Waals surface area contributed by atoms with Crippen molar-refractivity contribution in [1.82, 2.24) is 4.90 Å². The van der Waals surface area contributed by atoms with Gasteiger partial charge in [0.1, 0.15) is 0 Å². The molecule has 2 N–H and O–H groups in total. The molecule has 0 amide bonds. The van der Waals surface area contributed by atoms with Crippen molar-refractivity contribution in [2.24, 2.45) is 5.73 Å². The molecule has 2 heteroatoms. The van der Waals surface area contributed by atoms with Gasteiger partial charge in [-0.25, -0.2) is 0 Å². The Bertz CT molecular complexity index is 561. The topological polar surface area (TPSA) is 29.3 Å². The van der Waals surface area contributed by atoms with Gasteiger partial charge in [0.05, 0.1) is 0 Å². The zero-order chi connectivity index (χ0) is 14.5. The second-order valence-electron chi connectivity index (χ2n) is 6.00. The lowest BCUT2D eigenvalue weighted by molar-refractivity contribution is 0.264. The third kappa shape index (κ3) is 4.16. The number of rotatable bonds is 7. The summed E-state index contributed by atoms with van der Waals surface area (Å²) < 4.78 is 0. The lowest BCUT2D eigenvalue weighted by atomic mass is 10.1. The van der Waals surface area contributed by atoms with E-state index in [1.54, 1.807) is 0 Å². The summed E-state index contributed by atoms with van der Waals surface area (Å²) in [5.74, 6) is 0.821. The van der Waals surface area contributed by atoms with Gasteiger partial charge in [0.25, 0.3) is 0 Å². The average Bonchev–Trinajstić information content (AvgIpc) is 3.33. The van der Waals surface area contributed by atoms with E-state index < -0.39 is 0 Å². The van der Waals surface area contributed by atoms with E-state index in [1.165, 1.54) is 29.5 Å². The molecule has 1 saturated carbocycles. The summed E-state index contributed by atoms with van der Waals surface area (Å²) in [5, 5.41) is 0. The van der Waals surface area contributed by atoms with E-state index in [9.17, 15) is 0 Å². The van der Waals surface area contributed by atoms with E-state index in [0.717, 1.165) is 25.6 Å². The standard InChI is InChI=1S/C19H24N2/c20-11-12-21(14-16-5-2-1-3-6-16)15-17-7-4-8-19(13-17)18-9-10-18/h1-8,13,18H,9-12,14-15,20H2. The zero-order valence-electron chi connectivity index (χ0n) is 12.5. The number of benzene rings is 2. The van der Waals surface area contributed by atoms with Gasteiger partial charge in [-0.1, -0.05) is 54.6 Å². The van der Waals surface area contributed by atoms with E-state index in [1.807, 2.05) is 0 Å². The van der Waals surface area contributed by atoms with E-state index in [0.29, 0.717) is 6.54 Å². The first-order valence-electron chi connectivity index (χ1n) is 7.90. The molecule has 0 spiro atoms. The molecule has 0 saturated heterocycles. The molecule has 110 valence electrons. The predicted molar refractivity (Wildman–Crippen MR) is 88.0 cm³/mol. The predicted octanol–water partition coefficient (Wildman–Crippen LogP) is 3.52. The highest BCUT2D eigenvalue weighted by molar-refractivity contribution is 5.29. The highest BCUT2D eigenvalue weighted by atomic mass is 15.1. The Morgan fingerprint density at radius 2 is 1.62 bits per heavy atom. The largest absolute Gasteiger partial charge is 0.329 e. The van der Waals surface area contributed by atoms with Crippen molar-refractivity contribution >= 4 is 0 Å². The maximum Gasteiger partial charge on any atom is 0.0237 e. The Morgan fingerprint density at radius 3 is 2.33 bits per heavy atom. The lowest BCUT2D eigenvalue weighted by Gasteiger charge is -2.22. The van der Waals surface area contributed by atoms with Gasteiger partial charge in [0, 0.05) is 26.2 Å². The summed E-state index contributed by atoms with van der Waals surface area (Å²) in [4.78, 5) is 2.43. The first-order chi connectivity index (χ1) is 10.3. The van der Waals surface area contributed by atoms with Gasteiger partial charge in [-0.2, -0.15) is 0 Å². The summed E-state index contributed by atoms with van der Waals surface area (Å²) in [7, 11) is 0. The summed E-state index contributed by atoms with van der Waals surface area (Å²) in [6.07, 6.45) is 2.72. The minimum atomic E-state index is 0.704. The van der Waals surface area contributed by atoms with Crippen molar-refractivity contribution in [1.29, 1.82) is 0 Å². The number of hydrogen-bond donors (Lipinski definition) is 1. The van der Waals surface area contributed by atoms with Gasteiger partial charge in [-0.15, -0.1) is 0 Å². The molecular weight excluding hydrogens is 256 g/mol. The highest BCUT2D eigenvalue weighted by Crippen LogP contribution is 2.40. The fraction of sp³-hybridized carbons (Fsp3) is 0.368. The van der Waals surface area contributed by atoms with Crippen molar-refractivity contribution in [3.63, 3.8) is 0 Å². The Labute approximate surface area is 127 Å². The van der Waals surface area contributed by atoms with Gasteiger partial charge in [-0.3, -0.25) is 4.90 Å². The van der Waals surface area contributed by atoms with Gasteiger partial charge in [-0.05, 0) is 35.4 Å².